The lowest BCUT2D eigenvalue weighted by Crippen LogP contribution is -2.25. The van der Waals surface area contributed by atoms with Gasteiger partial charge in [-0.25, -0.2) is 9.38 Å². The molecule has 124 valence electrons. The van der Waals surface area contributed by atoms with Crippen LogP contribution in [0.25, 0.3) is 0 Å². The number of ether oxygens (including phenoxy) is 1. The molecule has 0 aromatic heterocycles. The van der Waals surface area contributed by atoms with Crippen molar-refractivity contribution in [1.29, 1.82) is 0 Å². The Morgan fingerprint density at radius 3 is 2.54 bits per heavy atom. The van der Waals surface area contributed by atoms with Crippen LogP contribution in [0.1, 0.15) is 16.7 Å². The van der Waals surface area contributed by atoms with Crippen molar-refractivity contribution < 1.29 is 9.13 Å². The predicted octanol–water partition coefficient (Wildman–Crippen LogP) is 4.18. The number of benzene rings is 2. The van der Waals surface area contributed by atoms with E-state index in [1.807, 2.05) is 32.0 Å². The third kappa shape index (κ3) is 3.43. The molecule has 2 aromatic rings. The summed E-state index contributed by atoms with van der Waals surface area (Å²) in [6.45, 7) is 4.07. The smallest absolute Gasteiger partial charge is 0.182 e. The Morgan fingerprint density at radius 2 is 1.96 bits per heavy atom. The number of halogens is 1. The molecule has 1 heterocycles. The highest BCUT2D eigenvalue weighted by Gasteiger charge is 2.15. The zero-order valence-corrected chi connectivity index (χ0v) is 14.6. The minimum absolute atomic E-state index is 0.230. The van der Waals surface area contributed by atoms with Crippen LogP contribution < -0.4 is 10.2 Å². The minimum Gasteiger partial charge on any atom is -0.494 e. The van der Waals surface area contributed by atoms with Crippen LogP contribution in [0.15, 0.2) is 46.5 Å². The minimum atomic E-state index is -0.391. The van der Waals surface area contributed by atoms with E-state index in [-0.39, 0.29) is 5.75 Å². The first-order valence-electron chi connectivity index (χ1n) is 7.52. The summed E-state index contributed by atoms with van der Waals surface area (Å²) in [5.74, 6) is 0.466. The van der Waals surface area contributed by atoms with Gasteiger partial charge in [-0.05, 0) is 43.2 Å². The molecule has 0 bridgehead atoms. The molecule has 1 aliphatic heterocycles. The lowest BCUT2D eigenvalue weighted by Gasteiger charge is -2.16. The summed E-state index contributed by atoms with van der Waals surface area (Å²) < 4.78 is 18.8. The highest BCUT2D eigenvalue weighted by Crippen LogP contribution is 2.26. The number of aryl methyl sites for hydroxylation is 2. The number of hydrogen-bond donors (Lipinski definition) is 1. The van der Waals surface area contributed by atoms with Crippen molar-refractivity contribution in [3.05, 3.63) is 58.9 Å². The first-order chi connectivity index (χ1) is 11.6. The molecule has 3 rings (SSSR count). The van der Waals surface area contributed by atoms with Gasteiger partial charge >= 0.3 is 0 Å². The maximum atomic E-state index is 13.8. The van der Waals surface area contributed by atoms with Crippen LogP contribution in [0.3, 0.4) is 0 Å². The third-order valence-electron chi connectivity index (χ3n) is 3.77. The molecule has 24 heavy (non-hydrogen) atoms. The van der Waals surface area contributed by atoms with Crippen LogP contribution in [0, 0.1) is 19.7 Å². The van der Waals surface area contributed by atoms with E-state index in [4.69, 9.17) is 4.74 Å². The maximum absolute atomic E-state index is 13.8. The molecule has 0 fully saturated rings. The van der Waals surface area contributed by atoms with Crippen LogP contribution in [-0.4, -0.2) is 23.7 Å². The second-order valence-corrected chi connectivity index (χ2v) is 6.43. The molecule has 6 heteroatoms. The predicted molar refractivity (Wildman–Crippen MR) is 98.1 cm³/mol. The fraction of sp³-hybridized carbons (Fsp3) is 0.222. The number of hydrogen-bond acceptors (Lipinski definition) is 4. The number of aliphatic imine (C=N–C) groups is 1. The summed E-state index contributed by atoms with van der Waals surface area (Å²) in [6, 6.07) is 10.9. The quantitative estimate of drug-likeness (QED) is 0.909. The fourth-order valence-corrected chi connectivity index (χ4v) is 3.22. The average Bonchev–Trinajstić information content (AvgIpc) is 2.59. The van der Waals surface area contributed by atoms with Gasteiger partial charge in [0.25, 0.3) is 0 Å². The summed E-state index contributed by atoms with van der Waals surface area (Å²) in [6.07, 6.45) is 0. The molecular formula is C18H18FN3OS. The number of rotatable bonds is 3. The van der Waals surface area contributed by atoms with Crippen molar-refractivity contribution in [3.63, 3.8) is 0 Å². The molecule has 0 radical (unpaired) electrons. The second kappa shape index (κ2) is 7.05. The van der Waals surface area contributed by atoms with E-state index in [2.05, 4.69) is 15.5 Å². The number of para-hydroxylation sites is 1. The normalized spacial score (nSPS) is 15.8. The zero-order chi connectivity index (χ0) is 17.1. The van der Waals surface area contributed by atoms with Gasteiger partial charge in [0.2, 0.25) is 0 Å². The first-order valence-corrected chi connectivity index (χ1v) is 8.51. The van der Waals surface area contributed by atoms with E-state index in [9.17, 15) is 4.39 Å². The van der Waals surface area contributed by atoms with Crippen LogP contribution in [-0.2, 0) is 0 Å². The largest absolute Gasteiger partial charge is 0.494 e. The van der Waals surface area contributed by atoms with E-state index < -0.39 is 5.82 Å². The lowest BCUT2D eigenvalue weighted by molar-refractivity contribution is 0.386. The topological polar surface area (TPSA) is 46.0 Å². The molecule has 1 aliphatic rings. The molecule has 4 nitrogen and oxygen atoms in total. The van der Waals surface area contributed by atoms with E-state index >= 15 is 0 Å². The highest BCUT2D eigenvalue weighted by atomic mass is 32.2. The summed E-state index contributed by atoms with van der Waals surface area (Å²) >= 11 is 1.55. The Bertz CT molecular complexity index is 813. The Balaban J connectivity index is 1.81. The molecule has 0 atom stereocenters. The molecule has 0 saturated carbocycles. The molecule has 0 amide bonds. The summed E-state index contributed by atoms with van der Waals surface area (Å²) in [5, 5.41) is 5.08. The number of nitrogens with one attached hydrogen (secondary N) is 1. The molecule has 0 unspecified atom stereocenters. The Morgan fingerprint density at radius 1 is 1.21 bits per heavy atom. The number of thioether (sulfide) groups is 1. The van der Waals surface area contributed by atoms with Gasteiger partial charge in [0.15, 0.2) is 16.7 Å². The van der Waals surface area contributed by atoms with Gasteiger partial charge in [-0.1, -0.05) is 30.0 Å². The Labute approximate surface area is 144 Å². The van der Waals surface area contributed by atoms with Gasteiger partial charge in [-0.3, -0.25) is 5.43 Å². The molecule has 1 N–H and O–H groups in total. The van der Waals surface area contributed by atoms with Gasteiger partial charge in [-0.2, -0.15) is 5.10 Å². The summed E-state index contributed by atoms with van der Waals surface area (Å²) in [4.78, 5) is 4.66. The first kappa shape index (κ1) is 16.5. The van der Waals surface area contributed by atoms with Crippen molar-refractivity contribution in [3.8, 4) is 5.75 Å². The Kier molecular flexibility index (Phi) is 4.85. The van der Waals surface area contributed by atoms with E-state index in [0.29, 0.717) is 5.75 Å². The van der Waals surface area contributed by atoms with E-state index in [1.54, 1.807) is 23.9 Å². The number of nitrogens with zero attached hydrogens (tertiary/aromatic N) is 2. The standard InChI is InChI=1S/C18H18FN3OS/c1-11-5-4-6-12(2)17(11)20-18-22-21-15(10-24-18)13-7-8-16(23-3)14(19)9-13/h4-9H,10H2,1-3H3,(H,20,22). The van der Waals surface area contributed by atoms with Crippen molar-refractivity contribution in [2.45, 2.75) is 13.8 Å². The van der Waals surface area contributed by atoms with Gasteiger partial charge in [0, 0.05) is 11.3 Å². The van der Waals surface area contributed by atoms with Gasteiger partial charge in [0.05, 0.1) is 18.5 Å². The number of amidine groups is 1. The van der Waals surface area contributed by atoms with Crippen LogP contribution in [0.4, 0.5) is 10.1 Å². The van der Waals surface area contributed by atoms with Crippen molar-refractivity contribution in [2.24, 2.45) is 10.1 Å². The third-order valence-corrected chi connectivity index (χ3v) is 4.64. The van der Waals surface area contributed by atoms with E-state index in [1.165, 1.54) is 13.2 Å². The van der Waals surface area contributed by atoms with Crippen LogP contribution >= 0.6 is 11.8 Å². The van der Waals surface area contributed by atoms with Gasteiger partial charge in [-0.15, -0.1) is 0 Å². The molecule has 0 saturated heterocycles. The van der Waals surface area contributed by atoms with Gasteiger partial charge < -0.3 is 4.74 Å². The molecule has 2 aromatic carbocycles. The number of hydrazone groups is 1. The summed E-state index contributed by atoms with van der Waals surface area (Å²) in [5.41, 5.74) is 7.69. The van der Waals surface area contributed by atoms with Gasteiger partial charge in [0.1, 0.15) is 0 Å². The van der Waals surface area contributed by atoms with E-state index in [0.717, 1.165) is 33.3 Å². The van der Waals surface area contributed by atoms with Crippen molar-refractivity contribution in [2.75, 3.05) is 12.9 Å². The lowest BCUT2D eigenvalue weighted by atomic mass is 10.1. The summed E-state index contributed by atoms with van der Waals surface area (Å²) in [7, 11) is 1.45. The zero-order valence-electron chi connectivity index (χ0n) is 13.8. The maximum Gasteiger partial charge on any atom is 0.182 e. The monoisotopic (exact) mass is 343 g/mol. The van der Waals surface area contributed by atoms with Crippen molar-refractivity contribution >= 4 is 28.3 Å². The SMILES string of the molecule is COc1ccc(C2=NNC(=Nc3c(C)cccc3C)SC2)cc1F. The van der Waals surface area contributed by atoms with Crippen molar-refractivity contribution in [1.82, 2.24) is 5.43 Å². The van der Waals surface area contributed by atoms with Crippen LogP contribution in [0.5, 0.6) is 5.75 Å². The highest BCUT2D eigenvalue weighted by molar-refractivity contribution is 8.14. The second-order valence-electron chi connectivity index (χ2n) is 5.47. The Hall–Kier alpha value is -2.34. The fourth-order valence-electron chi connectivity index (χ4n) is 2.45. The molecule has 0 spiro atoms. The molecular weight excluding hydrogens is 325 g/mol. The molecule has 0 aliphatic carbocycles. The number of methoxy groups -OCH3 is 1. The van der Waals surface area contributed by atoms with Crippen LogP contribution in [0.2, 0.25) is 0 Å². The average molecular weight is 343 g/mol.